The Hall–Kier alpha value is -2.89. The number of aliphatic carboxylic acids is 1. The summed E-state index contributed by atoms with van der Waals surface area (Å²) in [5.41, 5.74) is 16.5. The molecule has 3 amide bonds. The molecule has 12 nitrogen and oxygen atoms in total. The van der Waals surface area contributed by atoms with Gasteiger partial charge < -0.3 is 38.3 Å². The van der Waals surface area contributed by atoms with Gasteiger partial charge in [-0.15, -0.1) is 0 Å². The van der Waals surface area contributed by atoms with Crippen molar-refractivity contribution in [3.8, 4) is 0 Å². The number of carboxylic acid groups (broad SMARTS) is 1. The number of carbonyl (C=O) groups excluding carboxylic acids is 3. The molecular weight excluding hydrogens is 454 g/mol. The molecule has 0 aromatic carbocycles. The van der Waals surface area contributed by atoms with Crippen LogP contribution in [0.2, 0.25) is 0 Å². The molecule has 0 saturated heterocycles. The molecule has 12 heteroatoms. The molecule has 0 aromatic heterocycles. The maximum absolute atomic E-state index is 13.1. The Kier molecular flexibility index (Phi) is 14.6. The average molecular weight is 500 g/mol. The second kappa shape index (κ2) is 15.9. The standard InChI is InChI=1S/C23H45N7O5/c1-7-14(6)18(30-19(31)15(24)9-8-10-27-23(25)26)21(33)29-17(13(4)5)20(32)28-16(22(34)35)11-12(2)3/h12-18H,7-11,24H2,1-6H3,(H,28,32)(H,29,33)(H,30,31)(H,34,35)(H4,25,26,27). The van der Waals surface area contributed by atoms with E-state index in [1.165, 1.54) is 0 Å². The Balaban J connectivity index is 5.37. The molecule has 5 unspecified atom stereocenters. The normalized spacial score (nSPS) is 15.5. The zero-order chi connectivity index (χ0) is 27.3. The lowest BCUT2D eigenvalue weighted by atomic mass is 9.95. The summed E-state index contributed by atoms with van der Waals surface area (Å²) in [5, 5.41) is 17.4. The van der Waals surface area contributed by atoms with E-state index in [0.717, 1.165) is 0 Å². The molecule has 0 aliphatic rings. The van der Waals surface area contributed by atoms with E-state index in [-0.39, 0.29) is 30.1 Å². The van der Waals surface area contributed by atoms with Gasteiger partial charge in [0.05, 0.1) is 6.04 Å². The summed E-state index contributed by atoms with van der Waals surface area (Å²) in [5.74, 6) is -3.31. The minimum atomic E-state index is -1.14. The highest BCUT2D eigenvalue weighted by molar-refractivity contribution is 5.94. The Morgan fingerprint density at radius 2 is 1.43 bits per heavy atom. The third-order valence-corrected chi connectivity index (χ3v) is 5.67. The first kappa shape index (κ1) is 32.1. The van der Waals surface area contributed by atoms with Crippen LogP contribution in [0.25, 0.3) is 0 Å². The van der Waals surface area contributed by atoms with Crippen molar-refractivity contribution in [1.29, 1.82) is 0 Å². The minimum Gasteiger partial charge on any atom is -0.480 e. The van der Waals surface area contributed by atoms with Crippen molar-refractivity contribution in [2.75, 3.05) is 6.54 Å². The number of hydrogen-bond acceptors (Lipinski definition) is 6. The van der Waals surface area contributed by atoms with Crippen LogP contribution in [0.3, 0.4) is 0 Å². The lowest BCUT2D eigenvalue weighted by molar-refractivity contribution is -0.143. The van der Waals surface area contributed by atoms with Crippen LogP contribution in [0, 0.1) is 17.8 Å². The van der Waals surface area contributed by atoms with Gasteiger partial charge in [0.15, 0.2) is 5.96 Å². The summed E-state index contributed by atoms with van der Waals surface area (Å²) in [6, 6.07) is -3.83. The number of nitrogens with one attached hydrogen (secondary N) is 3. The van der Waals surface area contributed by atoms with Gasteiger partial charge >= 0.3 is 5.97 Å². The molecule has 0 fully saturated rings. The van der Waals surface area contributed by atoms with Gasteiger partial charge in [-0.25, -0.2) is 4.79 Å². The summed E-state index contributed by atoms with van der Waals surface area (Å²) < 4.78 is 0. The number of carboxylic acids is 1. The van der Waals surface area contributed by atoms with Gasteiger partial charge in [0.25, 0.3) is 0 Å². The number of rotatable bonds is 16. The summed E-state index contributed by atoms with van der Waals surface area (Å²) in [7, 11) is 0. The van der Waals surface area contributed by atoms with Crippen molar-refractivity contribution >= 4 is 29.7 Å². The fourth-order valence-electron chi connectivity index (χ4n) is 3.35. The van der Waals surface area contributed by atoms with Crippen molar-refractivity contribution in [2.45, 2.75) is 91.4 Å². The molecule has 0 radical (unpaired) electrons. The predicted octanol–water partition coefficient (Wildman–Crippen LogP) is -0.345. The summed E-state index contributed by atoms with van der Waals surface area (Å²) in [6.45, 7) is 11.2. The zero-order valence-electron chi connectivity index (χ0n) is 21.8. The minimum absolute atomic E-state index is 0.0425. The molecule has 0 rings (SSSR count). The third kappa shape index (κ3) is 12.4. The van der Waals surface area contributed by atoms with Crippen molar-refractivity contribution in [2.24, 2.45) is 39.9 Å². The fourth-order valence-corrected chi connectivity index (χ4v) is 3.35. The van der Waals surface area contributed by atoms with E-state index in [0.29, 0.717) is 25.8 Å². The molecule has 0 aliphatic carbocycles. The topological polar surface area (TPSA) is 215 Å². The predicted molar refractivity (Wildman–Crippen MR) is 135 cm³/mol. The zero-order valence-corrected chi connectivity index (χ0v) is 21.8. The smallest absolute Gasteiger partial charge is 0.326 e. The molecule has 0 aliphatic heterocycles. The largest absolute Gasteiger partial charge is 0.480 e. The van der Waals surface area contributed by atoms with E-state index in [1.807, 2.05) is 27.7 Å². The maximum Gasteiger partial charge on any atom is 0.326 e. The highest BCUT2D eigenvalue weighted by Crippen LogP contribution is 2.12. The van der Waals surface area contributed by atoms with E-state index >= 15 is 0 Å². The van der Waals surface area contributed by atoms with Crippen molar-refractivity contribution < 1.29 is 24.3 Å². The van der Waals surface area contributed by atoms with Crippen molar-refractivity contribution in [1.82, 2.24) is 16.0 Å². The van der Waals surface area contributed by atoms with Gasteiger partial charge in [0.1, 0.15) is 18.1 Å². The lowest BCUT2D eigenvalue weighted by Gasteiger charge is -2.29. The second-order valence-corrected chi connectivity index (χ2v) is 9.69. The highest BCUT2D eigenvalue weighted by Gasteiger charge is 2.33. The summed E-state index contributed by atoms with van der Waals surface area (Å²) in [6.07, 6.45) is 1.66. The fraction of sp³-hybridized carbons (Fsp3) is 0.783. The molecule has 10 N–H and O–H groups in total. The molecule has 0 spiro atoms. The van der Waals surface area contributed by atoms with E-state index in [9.17, 15) is 24.3 Å². The van der Waals surface area contributed by atoms with E-state index in [4.69, 9.17) is 17.2 Å². The van der Waals surface area contributed by atoms with Crippen LogP contribution in [0.5, 0.6) is 0 Å². The second-order valence-electron chi connectivity index (χ2n) is 9.69. The van der Waals surface area contributed by atoms with Gasteiger partial charge in [0.2, 0.25) is 17.7 Å². The van der Waals surface area contributed by atoms with Gasteiger partial charge in [-0.05, 0) is 37.0 Å². The highest BCUT2D eigenvalue weighted by atomic mass is 16.4. The van der Waals surface area contributed by atoms with Crippen LogP contribution in [-0.4, -0.2) is 65.5 Å². The van der Waals surface area contributed by atoms with Gasteiger partial charge in [-0.1, -0.05) is 48.0 Å². The molecule has 0 heterocycles. The number of carbonyl (C=O) groups is 4. The van der Waals surface area contributed by atoms with Crippen LogP contribution >= 0.6 is 0 Å². The Bertz CT molecular complexity index is 738. The number of amides is 3. The summed E-state index contributed by atoms with van der Waals surface area (Å²) >= 11 is 0. The van der Waals surface area contributed by atoms with Gasteiger partial charge in [-0.3, -0.25) is 19.4 Å². The Morgan fingerprint density at radius 1 is 0.886 bits per heavy atom. The summed E-state index contributed by atoms with van der Waals surface area (Å²) in [4.78, 5) is 54.1. The first-order valence-corrected chi connectivity index (χ1v) is 12.2. The van der Waals surface area contributed by atoms with Crippen molar-refractivity contribution in [3.05, 3.63) is 0 Å². The van der Waals surface area contributed by atoms with Gasteiger partial charge in [0, 0.05) is 6.54 Å². The number of guanidine groups is 1. The number of nitrogens with zero attached hydrogens (tertiary/aromatic N) is 1. The third-order valence-electron chi connectivity index (χ3n) is 5.67. The van der Waals surface area contributed by atoms with Crippen molar-refractivity contribution in [3.63, 3.8) is 0 Å². The van der Waals surface area contributed by atoms with E-state index in [2.05, 4.69) is 20.9 Å². The molecule has 202 valence electrons. The van der Waals surface area contributed by atoms with Crippen LogP contribution in [-0.2, 0) is 19.2 Å². The molecule has 0 aromatic rings. The first-order chi connectivity index (χ1) is 16.2. The van der Waals surface area contributed by atoms with E-state index < -0.39 is 47.9 Å². The molecule has 5 atom stereocenters. The van der Waals surface area contributed by atoms with Crippen LogP contribution in [0.1, 0.15) is 67.2 Å². The Labute approximate surface area is 208 Å². The first-order valence-electron chi connectivity index (χ1n) is 12.2. The Morgan fingerprint density at radius 3 is 1.89 bits per heavy atom. The van der Waals surface area contributed by atoms with Crippen LogP contribution in [0.4, 0.5) is 0 Å². The molecular formula is C23H45N7O5. The number of hydrogen-bond donors (Lipinski definition) is 7. The molecule has 0 saturated carbocycles. The average Bonchev–Trinajstić information content (AvgIpc) is 2.76. The maximum atomic E-state index is 13.1. The number of aliphatic imine (C=N–C) groups is 1. The lowest BCUT2D eigenvalue weighted by Crippen LogP contribution is -2.59. The SMILES string of the molecule is CCC(C)C(NC(=O)C(N)CCCN=C(N)N)C(=O)NC(C(=O)NC(CC(C)C)C(=O)O)C(C)C. The van der Waals surface area contributed by atoms with Crippen LogP contribution < -0.4 is 33.2 Å². The molecule has 35 heavy (non-hydrogen) atoms. The molecule has 0 bridgehead atoms. The number of nitrogens with two attached hydrogens (primary N) is 3. The van der Waals surface area contributed by atoms with Gasteiger partial charge in [-0.2, -0.15) is 0 Å². The quantitative estimate of drug-likeness (QED) is 0.0844. The monoisotopic (exact) mass is 499 g/mol. The van der Waals surface area contributed by atoms with Crippen LogP contribution in [0.15, 0.2) is 4.99 Å². The van der Waals surface area contributed by atoms with E-state index in [1.54, 1.807) is 13.8 Å².